The summed E-state index contributed by atoms with van der Waals surface area (Å²) in [6, 6.07) is 0. The van der Waals surface area contributed by atoms with E-state index in [2.05, 4.69) is 11.8 Å². The van der Waals surface area contributed by atoms with Gasteiger partial charge in [-0.3, -0.25) is 4.79 Å². The van der Waals surface area contributed by atoms with Gasteiger partial charge in [-0.2, -0.15) is 0 Å². The predicted octanol–water partition coefficient (Wildman–Crippen LogP) is 2.75. The number of nitrogens with zero attached hydrogens (tertiary/aromatic N) is 1. The van der Waals surface area contributed by atoms with Gasteiger partial charge in [0.05, 0.1) is 0 Å². The maximum atomic E-state index is 10.5. The van der Waals surface area contributed by atoms with Crippen LogP contribution in [0.2, 0.25) is 0 Å². The largest absolute Gasteiger partial charge is 0.481 e. The van der Waals surface area contributed by atoms with Gasteiger partial charge in [-0.1, -0.05) is 19.8 Å². The minimum atomic E-state index is -0.656. The normalized spacial score (nSPS) is 19.6. The van der Waals surface area contributed by atoms with Crippen LogP contribution >= 0.6 is 0 Å². The molecule has 1 aliphatic heterocycles. The molecular formula is C13H25NO2. The summed E-state index contributed by atoms with van der Waals surface area (Å²) < 4.78 is 0. The van der Waals surface area contributed by atoms with E-state index in [1.807, 2.05) is 0 Å². The van der Waals surface area contributed by atoms with Crippen LogP contribution in [-0.4, -0.2) is 35.6 Å². The highest BCUT2D eigenvalue weighted by molar-refractivity contribution is 5.66. The molecule has 1 saturated heterocycles. The van der Waals surface area contributed by atoms with Gasteiger partial charge in [0.15, 0.2) is 0 Å². The molecule has 1 heterocycles. The zero-order valence-electron chi connectivity index (χ0n) is 10.5. The molecule has 1 unspecified atom stereocenters. The number of carboxylic acids is 1. The number of carboxylic acid groups (broad SMARTS) is 1. The van der Waals surface area contributed by atoms with E-state index in [0.717, 1.165) is 19.4 Å². The average molecular weight is 227 g/mol. The fraction of sp³-hybridized carbons (Fsp3) is 0.923. The molecule has 0 saturated carbocycles. The van der Waals surface area contributed by atoms with Gasteiger partial charge in [0, 0.05) is 6.42 Å². The van der Waals surface area contributed by atoms with E-state index in [-0.39, 0.29) is 0 Å². The van der Waals surface area contributed by atoms with Gasteiger partial charge in [0.2, 0.25) is 0 Å². The lowest BCUT2D eigenvalue weighted by atomic mass is 9.96. The van der Waals surface area contributed by atoms with Crippen molar-refractivity contribution in [1.82, 2.24) is 4.90 Å². The smallest absolute Gasteiger partial charge is 0.303 e. The van der Waals surface area contributed by atoms with Crippen LogP contribution in [0.1, 0.15) is 51.9 Å². The first-order valence-electron chi connectivity index (χ1n) is 6.66. The zero-order valence-corrected chi connectivity index (χ0v) is 10.5. The summed E-state index contributed by atoms with van der Waals surface area (Å²) in [5, 5.41) is 8.66. The maximum absolute atomic E-state index is 10.5. The van der Waals surface area contributed by atoms with E-state index in [0.29, 0.717) is 12.3 Å². The molecule has 16 heavy (non-hydrogen) atoms. The third kappa shape index (κ3) is 5.50. The highest BCUT2D eigenvalue weighted by Crippen LogP contribution is 2.17. The molecule has 0 spiro atoms. The van der Waals surface area contributed by atoms with Crippen molar-refractivity contribution >= 4 is 5.97 Å². The van der Waals surface area contributed by atoms with E-state index < -0.39 is 5.97 Å². The molecule has 0 bridgehead atoms. The Morgan fingerprint density at radius 1 is 1.25 bits per heavy atom. The third-order valence-corrected chi connectivity index (χ3v) is 3.65. The van der Waals surface area contributed by atoms with Gasteiger partial charge in [0.25, 0.3) is 0 Å². The van der Waals surface area contributed by atoms with E-state index in [1.54, 1.807) is 0 Å². The van der Waals surface area contributed by atoms with Crippen LogP contribution in [0.5, 0.6) is 0 Å². The summed E-state index contributed by atoms with van der Waals surface area (Å²) in [4.78, 5) is 13.0. The Balaban J connectivity index is 2.14. The Bertz CT molecular complexity index is 200. The SMILES string of the molecule is CCC(CCC(=O)O)CCN1CCCCC1. The molecule has 0 aromatic rings. The van der Waals surface area contributed by atoms with Crippen LogP contribution in [0.4, 0.5) is 0 Å². The van der Waals surface area contributed by atoms with Crippen molar-refractivity contribution in [2.75, 3.05) is 19.6 Å². The van der Waals surface area contributed by atoms with Crippen LogP contribution in [0.25, 0.3) is 0 Å². The molecule has 0 aliphatic carbocycles. The van der Waals surface area contributed by atoms with Crippen LogP contribution in [0.3, 0.4) is 0 Å². The Morgan fingerprint density at radius 3 is 2.50 bits per heavy atom. The second kappa shape index (κ2) is 7.66. The van der Waals surface area contributed by atoms with E-state index in [9.17, 15) is 4.79 Å². The Hall–Kier alpha value is -0.570. The topological polar surface area (TPSA) is 40.5 Å². The third-order valence-electron chi connectivity index (χ3n) is 3.65. The predicted molar refractivity (Wildman–Crippen MR) is 65.6 cm³/mol. The summed E-state index contributed by atoms with van der Waals surface area (Å²) in [6.07, 6.45) is 7.52. The summed E-state index contributed by atoms with van der Waals surface area (Å²) in [5.41, 5.74) is 0. The lowest BCUT2D eigenvalue weighted by molar-refractivity contribution is -0.137. The highest BCUT2D eigenvalue weighted by atomic mass is 16.4. The first-order chi connectivity index (χ1) is 7.72. The molecule has 1 N–H and O–H groups in total. The van der Waals surface area contributed by atoms with Gasteiger partial charge < -0.3 is 10.0 Å². The number of likely N-dealkylation sites (tertiary alicyclic amines) is 1. The Labute approximate surface area is 98.8 Å². The van der Waals surface area contributed by atoms with Crippen LogP contribution in [-0.2, 0) is 4.79 Å². The van der Waals surface area contributed by atoms with Crippen molar-refractivity contribution in [2.24, 2.45) is 5.92 Å². The van der Waals surface area contributed by atoms with E-state index >= 15 is 0 Å². The van der Waals surface area contributed by atoms with E-state index in [4.69, 9.17) is 5.11 Å². The number of hydrogen-bond donors (Lipinski definition) is 1. The fourth-order valence-electron chi connectivity index (χ4n) is 2.43. The monoisotopic (exact) mass is 227 g/mol. The van der Waals surface area contributed by atoms with Gasteiger partial charge in [0.1, 0.15) is 0 Å². The molecule has 0 aromatic carbocycles. The molecule has 3 heteroatoms. The minimum Gasteiger partial charge on any atom is -0.481 e. The number of aliphatic carboxylic acids is 1. The van der Waals surface area contributed by atoms with Crippen LogP contribution < -0.4 is 0 Å². The standard InChI is InChI=1S/C13H25NO2/c1-2-12(6-7-13(15)16)8-11-14-9-4-3-5-10-14/h12H,2-11H2,1H3,(H,15,16). The lowest BCUT2D eigenvalue weighted by Gasteiger charge is -2.28. The van der Waals surface area contributed by atoms with Gasteiger partial charge in [-0.25, -0.2) is 0 Å². The van der Waals surface area contributed by atoms with Crippen molar-refractivity contribution in [3.63, 3.8) is 0 Å². The Kier molecular flexibility index (Phi) is 6.46. The molecule has 1 fully saturated rings. The van der Waals surface area contributed by atoms with Crippen LogP contribution in [0, 0.1) is 5.92 Å². The zero-order chi connectivity index (χ0) is 11.8. The molecular weight excluding hydrogens is 202 g/mol. The van der Waals surface area contributed by atoms with Crippen molar-refractivity contribution < 1.29 is 9.90 Å². The number of piperidine rings is 1. The molecule has 1 rings (SSSR count). The van der Waals surface area contributed by atoms with Gasteiger partial charge in [-0.05, 0) is 51.2 Å². The lowest BCUT2D eigenvalue weighted by Crippen LogP contribution is -2.31. The van der Waals surface area contributed by atoms with Gasteiger partial charge in [-0.15, -0.1) is 0 Å². The highest BCUT2D eigenvalue weighted by Gasteiger charge is 2.13. The van der Waals surface area contributed by atoms with Crippen molar-refractivity contribution in [2.45, 2.75) is 51.9 Å². The number of carbonyl (C=O) groups is 1. The number of hydrogen-bond acceptors (Lipinski definition) is 2. The van der Waals surface area contributed by atoms with Crippen molar-refractivity contribution in [1.29, 1.82) is 0 Å². The fourth-order valence-corrected chi connectivity index (χ4v) is 2.43. The Morgan fingerprint density at radius 2 is 1.94 bits per heavy atom. The summed E-state index contributed by atoms with van der Waals surface area (Å²) in [5.74, 6) is -0.0607. The minimum absolute atomic E-state index is 0.332. The van der Waals surface area contributed by atoms with Gasteiger partial charge >= 0.3 is 5.97 Å². The molecule has 0 radical (unpaired) electrons. The quantitative estimate of drug-likeness (QED) is 0.727. The summed E-state index contributed by atoms with van der Waals surface area (Å²) in [6.45, 7) is 5.82. The molecule has 1 atom stereocenters. The van der Waals surface area contributed by atoms with Crippen molar-refractivity contribution in [3.05, 3.63) is 0 Å². The van der Waals surface area contributed by atoms with Crippen LogP contribution in [0.15, 0.2) is 0 Å². The first-order valence-corrected chi connectivity index (χ1v) is 6.66. The second-order valence-electron chi connectivity index (χ2n) is 4.90. The van der Waals surface area contributed by atoms with E-state index in [1.165, 1.54) is 38.8 Å². The molecule has 94 valence electrons. The summed E-state index contributed by atoms with van der Waals surface area (Å²) in [7, 11) is 0. The number of rotatable bonds is 7. The molecule has 0 amide bonds. The maximum Gasteiger partial charge on any atom is 0.303 e. The molecule has 1 aliphatic rings. The molecule has 3 nitrogen and oxygen atoms in total. The van der Waals surface area contributed by atoms with Crippen molar-refractivity contribution in [3.8, 4) is 0 Å². The summed E-state index contributed by atoms with van der Waals surface area (Å²) >= 11 is 0. The molecule has 0 aromatic heterocycles. The second-order valence-corrected chi connectivity index (χ2v) is 4.90. The average Bonchev–Trinajstić information content (AvgIpc) is 2.30. The first kappa shape index (κ1) is 13.5.